The van der Waals surface area contributed by atoms with E-state index in [0.29, 0.717) is 35.8 Å². The molecule has 0 fully saturated rings. The summed E-state index contributed by atoms with van der Waals surface area (Å²) in [5.74, 6) is 0.0417. The molecule has 0 spiro atoms. The molecule has 0 saturated heterocycles. The molecular formula is C20H24N2O4. The molecule has 0 atom stereocenters. The summed E-state index contributed by atoms with van der Waals surface area (Å²) in [5, 5.41) is 5.62. The van der Waals surface area contributed by atoms with Crippen LogP contribution in [0.2, 0.25) is 0 Å². The van der Waals surface area contributed by atoms with Gasteiger partial charge in [-0.15, -0.1) is 0 Å². The summed E-state index contributed by atoms with van der Waals surface area (Å²) in [5.41, 5.74) is 1.32. The Labute approximate surface area is 153 Å². The minimum atomic E-state index is -0.313. The van der Waals surface area contributed by atoms with Crippen molar-refractivity contribution in [2.24, 2.45) is 0 Å². The average Bonchev–Trinajstić information content (AvgIpc) is 2.62. The minimum Gasteiger partial charge on any atom is -0.491 e. The highest BCUT2D eigenvalue weighted by atomic mass is 16.5. The lowest BCUT2D eigenvalue weighted by molar-refractivity contribution is 0.0944. The summed E-state index contributed by atoms with van der Waals surface area (Å²) in [4.78, 5) is 24.9. The number of carbonyl (C=O) groups is 2. The Bertz CT molecular complexity index is 759. The quantitative estimate of drug-likeness (QED) is 0.713. The number of anilines is 1. The van der Waals surface area contributed by atoms with Crippen LogP contribution in [0.3, 0.4) is 0 Å². The zero-order valence-electron chi connectivity index (χ0n) is 15.2. The normalized spacial score (nSPS) is 10.5. The molecule has 6 nitrogen and oxygen atoms in total. The first kappa shape index (κ1) is 19.5. The van der Waals surface area contributed by atoms with Gasteiger partial charge in [0.15, 0.2) is 0 Å². The van der Waals surface area contributed by atoms with Crippen molar-refractivity contribution in [1.29, 1.82) is 0 Å². The number of methoxy groups -OCH3 is 1. The van der Waals surface area contributed by atoms with Crippen molar-refractivity contribution in [2.75, 3.05) is 25.6 Å². The largest absolute Gasteiger partial charge is 0.491 e. The van der Waals surface area contributed by atoms with E-state index >= 15 is 0 Å². The SMILES string of the molecule is COCCOc1cccc(C(=O)Nc2ccccc2C(=O)NC(C)C)c1. The van der Waals surface area contributed by atoms with Crippen LogP contribution < -0.4 is 15.4 Å². The summed E-state index contributed by atoms with van der Waals surface area (Å²) in [7, 11) is 1.60. The first-order valence-electron chi connectivity index (χ1n) is 8.44. The third-order valence-corrected chi connectivity index (χ3v) is 3.49. The first-order chi connectivity index (χ1) is 12.5. The molecule has 2 N–H and O–H groups in total. The molecule has 2 aromatic carbocycles. The number of para-hydroxylation sites is 1. The van der Waals surface area contributed by atoms with Crippen LogP contribution in [0.15, 0.2) is 48.5 Å². The molecule has 0 aliphatic heterocycles. The Morgan fingerprint density at radius 3 is 2.50 bits per heavy atom. The molecule has 0 unspecified atom stereocenters. The molecule has 6 heteroatoms. The van der Waals surface area contributed by atoms with Gasteiger partial charge in [-0.25, -0.2) is 0 Å². The molecule has 0 bridgehead atoms. The van der Waals surface area contributed by atoms with E-state index in [1.807, 2.05) is 13.8 Å². The number of rotatable bonds is 8. The maximum absolute atomic E-state index is 12.6. The average molecular weight is 356 g/mol. The second-order valence-electron chi connectivity index (χ2n) is 6.00. The third-order valence-electron chi connectivity index (χ3n) is 3.49. The van der Waals surface area contributed by atoms with Gasteiger partial charge in [0.25, 0.3) is 11.8 Å². The fourth-order valence-electron chi connectivity index (χ4n) is 2.29. The van der Waals surface area contributed by atoms with Gasteiger partial charge >= 0.3 is 0 Å². The van der Waals surface area contributed by atoms with Crippen molar-refractivity contribution in [3.63, 3.8) is 0 Å². The topological polar surface area (TPSA) is 76.7 Å². The van der Waals surface area contributed by atoms with Gasteiger partial charge in [0.2, 0.25) is 0 Å². The predicted molar refractivity (Wildman–Crippen MR) is 101 cm³/mol. The molecule has 0 saturated carbocycles. The fourth-order valence-corrected chi connectivity index (χ4v) is 2.29. The van der Waals surface area contributed by atoms with Crippen molar-refractivity contribution in [2.45, 2.75) is 19.9 Å². The highest BCUT2D eigenvalue weighted by molar-refractivity contribution is 6.09. The molecule has 2 amide bonds. The van der Waals surface area contributed by atoms with Gasteiger partial charge in [-0.05, 0) is 44.2 Å². The number of nitrogens with one attached hydrogen (secondary N) is 2. The van der Waals surface area contributed by atoms with Gasteiger partial charge in [-0.2, -0.15) is 0 Å². The van der Waals surface area contributed by atoms with E-state index in [1.54, 1.807) is 55.6 Å². The van der Waals surface area contributed by atoms with Crippen LogP contribution in [0.4, 0.5) is 5.69 Å². The van der Waals surface area contributed by atoms with Crippen LogP contribution in [-0.4, -0.2) is 38.2 Å². The summed E-state index contributed by atoms with van der Waals surface area (Å²) in [6.45, 7) is 4.64. The van der Waals surface area contributed by atoms with Crippen LogP contribution >= 0.6 is 0 Å². The smallest absolute Gasteiger partial charge is 0.255 e. The minimum absolute atomic E-state index is 0.00666. The van der Waals surface area contributed by atoms with Gasteiger partial charge in [0.05, 0.1) is 17.9 Å². The number of ether oxygens (including phenoxy) is 2. The lowest BCUT2D eigenvalue weighted by atomic mass is 10.1. The third kappa shape index (κ3) is 5.60. The number of hydrogen-bond acceptors (Lipinski definition) is 4. The summed E-state index contributed by atoms with van der Waals surface area (Å²) >= 11 is 0. The van der Waals surface area contributed by atoms with Gasteiger partial charge in [-0.3, -0.25) is 9.59 Å². The summed E-state index contributed by atoms with van der Waals surface area (Å²) < 4.78 is 10.5. The maximum atomic E-state index is 12.6. The number of hydrogen-bond donors (Lipinski definition) is 2. The number of benzene rings is 2. The molecule has 0 heterocycles. The predicted octanol–water partition coefficient (Wildman–Crippen LogP) is 3.10. The number of carbonyl (C=O) groups excluding carboxylic acids is 2. The number of amides is 2. The molecule has 26 heavy (non-hydrogen) atoms. The van der Waals surface area contributed by atoms with Gasteiger partial charge in [0.1, 0.15) is 12.4 Å². The lowest BCUT2D eigenvalue weighted by Gasteiger charge is -2.13. The summed E-state index contributed by atoms with van der Waals surface area (Å²) in [6, 6.07) is 13.8. The molecule has 0 radical (unpaired) electrons. The van der Waals surface area contributed by atoms with E-state index in [-0.39, 0.29) is 17.9 Å². The van der Waals surface area contributed by atoms with Crippen LogP contribution in [0.1, 0.15) is 34.6 Å². The summed E-state index contributed by atoms with van der Waals surface area (Å²) in [6.07, 6.45) is 0. The van der Waals surface area contributed by atoms with Crippen molar-refractivity contribution in [1.82, 2.24) is 5.32 Å². The van der Waals surface area contributed by atoms with Crippen molar-refractivity contribution < 1.29 is 19.1 Å². The van der Waals surface area contributed by atoms with Crippen molar-refractivity contribution >= 4 is 17.5 Å². The van der Waals surface area contributed by atoms with E-state index in [1.165, 1.54) is 0 Å². The molecular weight excluding hydrogens is 332 g/mol. The highest BCUT2D eigenvalue weighted by Crippen LogP contribution is 2.18. The highest BCUT2D eigenvalue weighted by Gasteiger charge is 2.15. The molecule has 0 aliphatic carbocycles. The van der Waals surface area contributed by atoms with Crippen LogP contribution in [0.5, 0.6) is 5.75 Å². The van der Waals surface area contributed by atoms with Gasteiger partial charge in [-0.1, -0.05) is 18.2 Å². The lowest BCUT2D eigenvalue weighted by Crippen LogP contribution is -2.31. The fraction of sp³-hybridized carbons (Fsp3) is 0.300. The molecule has 2 aromatic rings. The molecule has 0 aliphatic rings. The molecule has 0 aromatic heterocycles. The maximum Gasteiger partial charge on any atom is 0.255 e. The zero-order valence-corrected chi connectivity index (χ0v) is 15.2. The molecule has 2 rings (SSSR count). The zero-order chi connectivity index (χ0) is 18.9. The Kier molecular flexibility index (Phi) is 7.17. The Balaban J connectivity index is 2.13. The van der Waals surface area contributed by atoms with E-state index in [0.717, 1.165) is 0 Å². The van der Waals surface area contributed by atoms with E-state index in [4.69, 9.17) is 9.47 Å². The van der Waals surface area contributed by atoms with Crippen LogP contribution in [0.25, 0.3) is 0 Å². The Morgan fingerprint density at radius 2 is 1.77 bits per heavy atom. The first-order valence-corrected chi connectivity index (χ1v) is 8.44. The Morgan fingerprint density at radius 1 is 1.00 bits per heavy atom. The Hall–Kier alpha value is -2.86. The monoisotopic (exact) mass is 356 g/mol. The second kappa shape index (κ2) is 9.58. The van der Waals surface area contributed by atoms with E-state index < -0.39 is 0 Å². The van der Waals surface area contributed by atoms with Gasteiger partial charge < -0.3 is 20.1 Å². The van der Waals surface area contributed by atoms with E-state index in [9.17, 15) is 9.59 Å². The van der Waals surface area contributed by atoms with Crippen LogP contribution in [-0.2, 0) is 4.74 Å². The van der Waals surface area contributed by atoms with Gasteiger partial charge in [0, 0.05) is 18.7 Å². The van der Waals surface area contributed by atoms with Crippen molar-refractivity contribution in [3.8, 4) is 5.75 Å². The van der Waals surface area contributed by atoms with E-state index in [2.05, 4.69) is 10.6 Å². The second-order valence-corrected chi connectivity index (χ2v) is 6.00. The van der Waals surface area contributed by atoms with Crippen molar-refractivity contribution in [3.05, 3.63) is 59.7 Å². The van der Waals surface area contributed by atoms with Crippen LogP contribution in [0, 0.1) is 0 Å². The standard InChI is InChI=1S/C20H24N2O4/c1-14(2)21-20(24)17-9-4-5-10-18(17)22-19(23)15-7-6-8-16(13-15)26-12-11-25-3/h4-10,13-14H,11-12H2,1-3H3,(H,21,24)(H,22,23). The molecule has 138 valence electrons.